The van der Waals surface area contributed by atoms with Crippen LogP contribution in [0.3, 0.4) is 0 Å². The summed E-state index contributed by atoms with van der Waals surface area (Å²) in [5.74, 6) is 1.13. The van der Waals surface area contributed by atoms with E-state index in [1.807, 2.05) is 19.1 Å². The zero-order valence-electron chi connectivity index (χ0n) is 20.5. The molecule has 0 saturated carbocycles. The average Bonchev–Trinajstić information content (AvgIpc) is 3.14. The third-order valence-corrected chi connectivity index (χ3v) is 7.28. The van der Waals surface area contributed by atoms with E-state index in [4.69, 9.17) is 4.98 Å². The number of carbonyl (C=O) groups is 1. The van der Waals surface area contributed by atoms with Gasteiger partial charge in [0.05, 0.1) is 24.5 Å². The summed E-state index contributed by atoms with van der Waals surface area (Å²) in [4.78, 5) is 42.1. The number of aromatic amines is 1. The number of pyridine rings is 1. The number of aliphatic carboxylic acids is 1. The summed E-state index contributed by atoms with van der Waals surface area (Å²) in [7, 11) is 0. The summed E-state index contributed by atoms with van der Waals surface area (Å²) < 4.78 is 0. The highest BCUT2D eigenvalue weighted by atomic mass is 16.4. The Kier molecular flexibility index (Phi) is 6.71. The van der Waals surface area contributed by atoms with Gasteiger partial charge in [-0.25, -0.2) is 15.1 Å². The molecule has 0 amide bonds. The van der Waals surface area contributed by atoms with Crippen molar-refractivity contribution in [2.75, 3.05) is 41.3 Å². The molecule has 3 aromatic rings. The van der Waals surface area contributed by atoms with E-state index in [9.17, 15) is 14.7 Å². The van der Waals surface area contributed by atoms with Crippen LogP contribution in [0.15, 0.2) is 29.3 Å². The molecule has 2 saturated heterocycles. The number of fused-ring (bicyclic) bond motifs is 1. The van der Waals surface area contributed by atoms with Gasteiger partial charge in [-0.3, -0.25) is 9.59 Å². The summed E-state index contributed by atoms with van der Waals surface area (Å²) >= 11 is 0. The lowest BCUT2D eigenvalue weighted by Gasteiger charge is -2.39. The van der Waals surface area contributed by atoms with Gasteiger partial charge in [-0.1, -0.05) is 19.8 Å². The smallest absolute Gasteiger partial charge is 0.303 e. The molecule has 0 aliphatic carbocycles. The van der Waals surface area contributed by atoms with Gasteiger partial charge in [0.2, 0.25) is 5.95 Å². The van der Waals surface area contributed by atoms with E-state index in [2.05, 4.69) is 35.3 Å². The maximum Gasteiger partial charge on any atom is 0.303 e. The number of hydrogen-bond acceptors (Lipinski definition) is 9. The standard InChI is InChI=1S/C25H32N8O3/c1-25(14-20(34)35)8-12-32(13-9-25)19-7-6-17(15-26-19)28-22-21-18(16-27-31-23(21)36)29-24(30-22)33-10-4-2-3-5-11-33/h6-7,15-16H,2-5,8-14H2,1H3,(H,31,36)(H,34,35)(H,28,29,30). The zero-order chi connectivity index (χ0) is 25.1. The molecule has 2 aliphatic rings. The number of aromatic nitrogens is 5. The van der Waals surface area contributed by atoms with Crippen LogP contribution in [0.5, 0.6) is 0 Å². The molecule has 36 heavy (non-hydrogen) atoms. The number of rotatable bonds is 6. The van der Waals surface area contributed by atoms with E-state index in [1.54, 1.807) is 12.4 Å². The van der Waals surface area contributed by atoms with Gasteiger partial charge >= 0.3 is 5.97 Å². The highest BCUT2D eigenvalue weighted by Gasteiger charge is 2.32. The maximum atomic E-state index is 12.6. The number of H-pyrrole nitrogens is 1. The number of carboxylic acids is 1. The number of piperidine rings is 1. The predicted molar refractivity (Wildman–Crippen MR) is 138 cm³/mol. The van der Waals surface area contributed by atoms with E-state index in [1.165, 1.54) is 12.8 Å². The molecule has 3 N–H and O–H groups in total. The van der Waals surface area contributed by atoms with Gasteiger partial charge in [0.1, 0.15) is 22.5 Å². The molecule has 0 unspecified atom stereocenters. The van der Waals surface area contributed by atoms with Crippen molar-refractivity contribution in [1.29, 1.82) is 0 Å². The van der Waals surface area contributed by atoms with Crippen molar-refractivity contribution in [3.63, 3.8) is 0 Å². The Balaban J connectivity index is 1.36. The fourth-order valence-corrected chi connectivity index (χ4v) is 5.09. The third-order valence-electron chi connectivity index (χ3n) is 7.28. The Hall–Kier alpha value is -3.76. The summed E-state index contributed by atoms with van der Waals surface area (Å²) in [5, 5.41) is 19.2. The van der Waals surface area contributed by atoms with Gasteiger partial charge in [-0.2, -0.15) is 10.1 Å². The first-order chi connectivity index (χ1) is 17.4. The Labute approximate surface area is 209 Å². The quantitative estimate of drug-likeness (QED) is 0.469. The molecule has 5 rings (SSSR count). The van der Waals surface area contributed by atoms with E-state index in [0.717, 1.165) is 57.7 Å². The highest BCUT2D eigenvalue weighted by Crippen LogP contribution is 2.36. The average molecular weight is 493 g/mol. The summed E-state index contributed by atoms with van der Waals surface area (Å²) in [6.07, 6.45) is 9.68. The molecule has 0 aromatic carbocycles. The van der Waals surface area contributed by atoms with Crippen molar-refractivity contribution in [3.8, 4) is 0 Å². The lowest BCUT2D eigenvalue weighted by molar-refractivity contribution is -0.139. The SMILES string of the molecule is CC1(CC(=O)O)CCN(c2ccc(Nc3nc(N4CCCCCC4)nc4cn[nH]c(=O)c34)cn2)CC1. The molecule has 190 valence electrons. The number of nitrogens with zero attached hydrogens (tertiary/aromatic N) is 6. The second-order valence-electron chi connectivity index (χ2n) is 10.1. The lowest BCUT2D eigenvalue weighted by Crippen LogP contribution is -2.40. The van der Waals surface area contributed by atoms with Crippen LogP contribution in [0.2, 0.25) is 0 Å². The van der Waals surface area contributed by atoms with Crippen molar-refractivity contribution < 1.29 is 9.90 Å². The van der Waals surface area contributed by atoms with Crippen LogP contribution in [0, 0.1) is 5.41 Å². The molecular weight excluding hydrogens is 460 g/mol. The summed E-state index contributed by atoms with van der Waals surface area (Å²) in [6, 6.07) is 3.86. The molecule has 0 radical (unpaired) electrons. The molecule has 11 nitrogen and oxygen atoms in total. The zero-order valence-corrected chi connectivity index (χ0v) is 20.5. The number of nitrogens with one attached hydrogen (secondary N) is 2. The summed E-state index contributed by atoms with van der Waals surface area (Å²) in [5.41, 5.74) is 0.687. The van der Waals surface area contributed by atoms with Crippen LogP contribution in [0.25, 0.3) is 10.9 Å². The molecule has 0 spiro atoms. The number of anilines is 4. The maximum absolute atomic E-state index is 12.6. The van der Waals surface area contributed by atoms with Gasteiger partial charge in [0.25, 0.3) is 5.56 Å². The van der Waals surface area contributed by atoms with Gasteiger partial charge in [0, 0.05) is 26.2 Å². The third kappa shape index (κ3) is 5.24. The molecule has 5 heterocycles. The van der Waals surface area contributed by atoms with Crippen molar-refractivity contribution in [3.05, 3.63) is 34.9 Å². The van der Waals surface area contributed by atoms with Crippen LogP contribution in [-0.2, 0) is 4.79 Å². The first-order valence-corrected chi connectivity index (χ1v) is 12.6. The Bertz CT molecular complexity index is 1280. The molecule has 0 bridgehead atoms. The molecule has 0 atom stereocenters. The topological polar surface area (TPSA) is 140 Å². The van der Waals surface area contributed by atoms with Crippen LogP contribution >= 0.6 is 0 Å². The Morgan fingerprint density at radius 1 is 1.06 bits per heavy atom. The largest absolute Gasteiger partial charge is 0.481 e. The van der Waals surface area contributed by atoms with E-state index in [0.29, 0.717) is 28.4 Å². The molecule has 2 fully saturated rings. The normalized spacial score (nSPS) is 18.1. The second kappa shape index (κ2) is 10.1. The minimum atomic E-state index is -0.745. The van der Waals surface area contributed by atoms with Crippen molar-refractivity contribution >= 4 is 40.1 Å². The number of carboxylic acid groups (broad SMARTS) is 1. The van der Waals surface area contributed by atoms with Crippen LogP contribution in [-0.4, -0.2) is 62.4 Å². The van der Waals surface area contributed by atoms with E-state index >= 15 is 0 Å². The van der Waals surface area contributed by atoms with Crippen LogP contribution in [0.1, 0.15) is 51.9 Å². The first kappa shape index (κ1) is 24.0. The van der Waals surface area contributed by atoms with Gasteiger partial charge < -0.3 is 20.2 Å². The van der Waals surface area contributed by atoms with E-state index < -0.39 is 5.97 Å². The molecule has 11 heteroatoms. The minimum Gasteiger partial charge on any atom is -0.481 e. The molecule has 3 aromatic heterocycles. The Morgan fingerprint density at radius 3 is 2.47 bits per heavy atom. The minimum absolute atomic E-state index is 0.176. The predicted octanol–water partition coefficient (Wildman–Crippen LogP) is 3.31. The fraction of sp³-hybridized carbons (Fsp3) is 0.520. The molecular formula is C25H32N8O3. The summed E-state index contributed by atoms with van der Waals surface area (Å²) in [6.45, 7) is 5.35. The lowest BCUT2D eigenvalue weighted by atomic mass is 9.77. The van der Waals surface area contributed by atoms with Gasteiger partial charge in [0.15, 0.2) is 0 Å². The van der Waals surface area contributed by atoms with Crippen LogP contribution in [0.4, 0.5) is 23.3 Å². The first-order valence-electron chi connectivity index (χ1n) is 12.6. The molecule has 2 aliphatic heterocycles. The van der Waals surface area contributed by atoms with Crippen molar-refractivity contribution in [1.82, 2.24) is 25.1 Å². The highest BCUT2D eigenvalue weighted by molar-refractivity contribution is 5.90. The van der Waals surface area contributed by atoms with Crippen molar-refractivity contribution in [2.24, 2.45) is 5.41 Å². The van der Waals surface area contributed by atoms with Crippen molar-refractivity contribution in [2.45, 2.75) is 51.9 Å². The second-order valence-corrected chi connectivity index (χ2v) is 10.1. The van der Waals surface area contributed by atoms with Gasteiger partial charge in [-0.15, -0.1) is 0 Å². The fourth-order valence-electron chi connectivity index (χ4n) is 5.09. The van der Waals surface area contributed by atoms with E-state index in [-0.39, 0.29) is 17.4 Å². The number of hydrogen-bond donors (Lipinski definition) is 3. The monoisotopic (exact) mass is 492 g/mol. The van der Waals surface area contributed by atoms with Gasteiger partial charge in [-0.05, 0) is 43.2 Å². The Morgan fingerprint density at radius 2 is 1.81 bits per heavy atom. The van der Waals surface area contributed by atoms with Crippen LogP contribution < -0.4 is 20.7 Å².